The number of unbranched alkanes of at least 4 members (excludes halogenated alkanes) is 3. The fraction of sp³-hybridized carbons (Fsp3) is 1.00. The summed E-state index contributed by atoms with van der Waals surface area (Å²) >= 11 is 0. The fourth-order valence-corrected chi connectivity index (χ4v) is 13.8. The van der Waals surface area contributed by atoms with Gasteiger partial charge in [0.1, 0.15) is 220 Å². The third kappa shape index (κ3) is 19.6. The summed E-state index contributed by atoms with van der Waals surface area (Å²) in [4.78, 5) is 0. The molecule has 0 aromatic rings. The van der Waals surface area contributed by atoms with E-state index in [1.54, 1.807) is 0 Å². The van der Waals surface area contributed by atoms with E-state index in [2.05, 4.69) is 0 Å². The van der Waals surface area contributed by atoms with Crippen molar-refractivity contribution in [1.82, 2.24) is 0 Å². The molecule has 47 nitrogen and oxygen atoms in total. The lowest BCUT2D eigenvalue weighted by molar-refractivity contribution is -0.403. The molecule has 107 heavy (non-hydrogen) atoms. The Kier molecular flexibility index (Phi) is 33.4. The maximum Gasteiger partial charge on any atom is 0.187 e. The van der Waals surface area contributed by atoms with Gasteiger partial charge in [0, 0.05) is 6.61 Å². The molecule has 30 N–H and O–H groups in total. The first kappa shape index (κ1) is 89.1. The van der Waals surface area contributed by atoms with Gasteiger partial charge in [0.05, 0.1) is 59.5 Å². The molecule has 9 fully saturated rings. The highest BCUT2D eigenvalue weighted by atomic mass is 16.8. The minimum Gasteiger partial charge on any atom is -0.394 e. The third-order valence-electron chi connectivity index (χ3n) is 20.1. The molecular weight excluding hydrogens is 1470 g/mol. The Labute approximate surface area is 607 Å². The zero-order chi connectivity index (χ0) is 78.3. The molecule has 45 atom stereocenters. The van der Waals surface area contributed by atoms with Crippen molar-refractivity contribution in [3.8, 4) is 0 Å². The van der Waals surface area contributed by atoms with Gasteiger partial charge in [0.25, 0.3) is 0 Å². The van der Waals surface area contributed by atoms with Gasteiger partial charge in [-0.15, -0.1) is 0 Å². The van der Waals surface area contributed by atoms with E-state index >= 15 is 0 Å². The smallest absolute Gasteiger partial charge is 0.187 e. The van der Waals surface area contributed by atoms with Gasteiger partial charge in [0.15, 0.2) is 56.6 Å². The van der Waals surface area contributed by atoms with Crippen LogP contribution in [-0.4, -0.2) is 492 Å². The highest BCUT2D eigenvalue weighted by molar-refractivity contribution is 5.03. The average Bonchev–Trinajstić information content (AvgIpc) is 0.772. The number of aliphatic hydroxyl groups excluding tert-OH is 28. The molecule has 0 radical (unpaired) electrons. The van der Waals surface area contributed by atoms with Gasteiger partial charge in [-0.05, 0) is 19.4 Å². The van der Waals surface area contributed by atoms with Crippen molar-refractivity contribution in [2.75, 3.05) is 72.6 Å². The van der Waals surface area contributed by atoms with Crippen LogP contribution in [-0.2, 0) is 85.3 Å². The second-order valence-electron chi connectivity index (χ2n) is 27.3. The topological polar surface area (TPSA) is 759 Å². The normalized spacial score (nSPS) is 50.9. The van der Waals surface area contributed by atoms with E-state index in [0.717, 1.165) is 12.8 Å². The van der Waals surface area contributed by atoms with Crippen molar-refractivity contribution in [2.45, 2.75) is 302 Å². The standard InChI is InChI=1S/C60H105NO46/c61-5-3-1-2-4-6-90-53-38(83)45(27(72)18(9-64)93-53)102-55-40(85)47(29(74)20(11-66)95-55)103-56-41(86)48(30(75)21(12-67)96-56)104-57-42(87)49(31(76)22(13-68)97-57)105-58-43(88)50(32(77)23(14-69)98-58)106-60-44(89)51(33(78)24(100-60)15-91-52-36(81)34(79)25(70)16(7-62)92-52)107-59-39(84)46(28(73)19(10-65)99-59)101-54-37(82)35(80)26(71)17(8-63)94-54/h16-60,62-89H,1-15,61H2/t16-,17-,18-,19-,20-,21-,22-,23-,24-,25-,26-,27-,28-,29-,30-,31-,32-,33-,34+,35+,36-,37-,38-,39-,40-,41-,42-,43-,44-,45+,46+,47+,48+,49+,50+,51+,52-,53-,54+,55+,56+,57+,58+,59+,60+/m1/s1. The van der Waals surface area contributed by atoms with Crippen molar-refractivity contribution < 1.29 is 228 Å². The molecule has 0 aliphatic carbocycles. The number of aliphatic hydroxyl groups is 28. The van der Waals surface area contributed by atoms with E-state index in [4.69, 9.17) is 91.0 Å². The fourth-order valence-electron chi connectivity index (χ4n) is 13.8. The lowest BCUT2D eigenvalue weighted by Gasteiger charge is -2.50. The first-order valence-corrected chi connectivity index (χ1v) is 34.9. The first-order chi connectivity index (χ1) is 51.0. The molecule has 9 heterocycles. The zero-order valence-electron chi connectivity index (χ0n) is 57.0. The summed E-state index contributed by atoms with van der Waals surface area (Å²) in [6.45, 7) is -8.89. The Morgan fingerprint density at radius 2 is 0.393 bits per heavy atom. The first-order valence-electron chi connectivity index (χ1n) is 34.9. The van der Waals surface area contributed by atoms with Crippen LogP contribution in [0.3, 0.4) is 0 Å². The second kappa shape index (κ2) is 40.1. The van der Waals surface area contributed by atoms with E-state index in [0.29, 0.717) is 19.4 Å². The number of nitrogens with two attached hydrogens (primary N) is 1. The van der Waals surface area contributed by atoms with Gasteiger partial charge < -0.3 is 234 Å². The Balaban J connectivity index is 0.921. The van der Waals surface area contributed by atoms with Crippen molar-refractivity contribution in [3.63, 3.8) is 0 Å². The molecule has 0 amide bonds. The number of rotatable bonds is 32. The summed E-state index contributed by atoms with van der Waals surface area (Å²) in [5.41, 5.74) is 5.56. The molecule has 626 valence electrons. The molecule has 0 aromatic carbocycles. The van der Waals surface area contributed by atoms with Crippen LogP contribution in [0.5, 0.6) is 0 Å². The summed E-state index contributed by atoms with van der Waals surface area (Å²) in [7, 11) is 0. The molecule has 0 spiro atoms. The van der Waals surface area contributed by atoms with Gasteiger partial charge in [-0.1, -0.05) is 12.8 Å². The molecule has 9 rings (SSSR count). The molecule has 0 bridgehead atoms. The lowest BCUT2D eigenvalue weighted by atomic mass is 9.95. The number of hydrogen-bond donors (Lipinski definition) is 29. The second-order valence-corrected chi connectivity index (χ2v) is 27.3. The minimum absolute atomic E-state index is 0.0350. The molecule has 47 heteroatoms. The van der Waals surface area contributed by atoms with Crippen molar-refractivity contribution in [3.05, 3.63) is 0 Å². The maximum atomic E-state index is 12.1. The minimum atomic E-state index is -2.49. The van der Waals surface area contributed by atoms with E-state index in [-0.39, 0.29) is 6.61 Å². The van der Waals surface area contributed by atoms with Gasteiger partial charge >= 0.3 is 0 Å². The molecule has 9 saturated heterocycles. The van der Waals surface area contributed by atoms with Crippen LogP contribution in [0.4, 0.5) is 0 Å². The molecule has 9 aliphatic rings. The van der Waals surface area contributed by atoms with E-state index in [1.807, 2.05) is 0 Å². The lowest BCUT2D eigenvalue weighted by Crippen LogP contribution is -2.69. The number of hydrogen-bond acceptors (Lipinski definition) is 47. The average molecular weight is 1580 g/mol. The van der Waals surface area contributed by atoms with Crippen LogP contribution in [0.15, 0.2) is 0 Å². The molecule has 0 aromatic heterocycles. The van der Waals surface area contributed by atoms with Gasteiger partial charge in [0.2, 0.25) is 0 Å². The van der Waals surface area contributed by atoms with Crippen molar-refractivity contribution in [2.24, 2.45) is 5.73 Å². The SMILES string of the molecule is NCCCCCCO[C@@H]1O[C@H](CO)[C@@H](O)[C@H](O[C@@H]2O[C@H](CO)[C@@H](O)[C@H](O[C@@H]3O[C@H](CO)[C@@H](O)[C@H](O[C@@H]4O[C@H](CO)[C@@H](O)[C@H](O[C@@H]5O[C@H](CO)[C@@H](O)[C@H](O[C@@H]6O[C@H](CO[C@@H]7O[C@H](CO)[C@@H](O)[C@H](O)[C@H]7O)[C@@H](O)[C@H](O[C@@H]7O[C@H](CO)[C@@H](O)[C@H](O[C@@H]8O[C@H](CO)[C@@H](O)[C@H](O)[C@H]8O)[C@H]7O)[C@H]6O)[C@H]5O)[C@H]4O)[C@H]3O)[C@H]2O)[C@H]1O. The molecule has 0 saturated carbocycles. The van der Waals surface area contributed by atoms with Crippen molar-refractivity contribution in [1.29, 1.82) is 0 Å². The predicted molar refractivity (Wildman–Crippen MR) is 328 cm³/mol. The Morgan fingerprint density at radius 3 is 0.654 bits per heavy atom. The van der Waals surface area contributed by atoms with E-state index in [1.165, 1.54) is 0 Å². The van der Waals surface area contributed by atoms with E-state index < -0.39 is 336 Å². The summed E-state index contributed by atoms with van der Waals surface area (Å²) < 4.78 is 103. The summed E-state index contributed by atoms with van der Waals surface area (Å²) in [5.74, 6) is 0. The van der Waals surface area contributed by atoms with Gasteiger partial charge in [-0.3, -0.25) is 0 Å². The largest absolute Gasteiger partial charge is 0.394 e. The van der Waals surface area contributed by atoms with E-state index in [9.17, 15) is 143 Å². The summed E-state index contributed by atoms with van der Waals surface area (Å²) in [6, 6.07) is 0. The van der Waals surface area contributed by atoms with Crippen LogP contribution in [0, 0.1) is 0 Å². The van der Waals surface area contributed by atoms with Crippen LogP contribution in [0.2, 0.25) is 0 Å². The highest BCUT2D eigenvalue weighted by Gasteiger charge is 2.61. The van der Waals surface area contributed by atoms with Crippen molar-refractivity contribution >= 4 is 0 Å². The monoisotopic (exact) mass is 1580 g/mol. The molecular formula is C60H105NO46. The Morgan fingerprint density at radius 1 is 0.196 bits per heavy atom. The highest BCUT2D eigenvalue weighted by Crippen LogP contribution is 2.40. The van der Waals surface area contributed by atoms with Crippen LogP contribution < -0.4 is 5.73 Å². The van der Waals surface area contributed by atoms with Crippen LogP contribution >= 0.6 is 0 Å². The maximum absolute atomic E-state index is 12.1. The summed E-state index contributed by atoms with van der Waals surface area (Å²) in [6.07, 6.45) is -90.6. The quantitative estimate of drug-likeness (QED) is 0.0278. The third-order valence-corrected chi connectivity index (χ3v) is 20.1. The van der Waals surface area contributed by atoms with Gasteiger partial charge in [-0.2, -0.15) is 0 Å². The molecule has 0 unspecified atom stereocenters. The Hall–Kier alpha value is -1.88. The number of ether oxygens (including phenoxy) is 18. The van der Waals surface area contributed by atoms with Gasteiger partial charge in [-0.25, -0.2) is 0 Å². The Bertz CT molecular complexity index is 2590. The summed E-state index contributed by atoms with van der Waals surface area (Å²) in [5, 5.41) is 309. The molecule has 9 aliphatic heterocycles. The zero-order valence-corrected chi connectivity index (χ0v) is 57.0. The predicted octanol–water partition coefficient (Wildman–Crippen LogP) is -19.1. The van der Waals surface area contributed by atoms with Crippen LogP contribution in [0.1, 0.15) is 25.7 Å². The van der Waals surface area contributed by atoms with Crippen LogP contribution in [0.25, 0.3) is 0 Å².